The smallest absolute Gasteiger partial charge is 0.315 e. The van der Waals surface area contributed by atoms with E-state index in [2.05, 4.69) is 31.4 Å². The lowest BCUT2D eigenvalue weighted by atomic mass is 10.0. The Bertz CT molecular complexity index is 1080. The first-order valence-corrected chi connectivity index (χ1v) is 13.5. The van der Waals surface area contributed by atoms with Crippen LogP contribution in [0.25, 0.3) is 11.3 Å². The highest BCUT2D eigenvalue weighted by Crippen LogP contribution is 2.33. The largest absolute Gasteiger partial charge is 0.386 e. The molecule has 0 bridgehead atoms. The van der Waals surface area contributed by atoms with Gasteiger partial charge in [0.05, 0.1) is 24.0 Å². The highest BCUT2D eigenvalue weighted by atomic mass is 32.2. The van der Waals surface area contributed by atoms with Crippen molar-refractivity contribution in [3.05, 3.63) is 54.2 Å². The first kappa shape index (κ1) is 26.5. The molecule has 4 rings (SSSR count). The van der Waals surface area contributed by atoms with Gasteiger partial charge < -0.3 is 26.1 Å². The summed E-state index contributed by atoms with van der Waals surface area (Å²) < 4.78 is 0. The van der Waals surface area contributed by atoms with Crippen LogP contribution in [0.4, 0.5) is 4.79 Å². The van der Waals surface area contributed by atoms with E-state index in [1.165, 1.54) is 0 Å². The summed E-state index contributed by atoms with van der Waals surface area (Å²) in [5.41, 5.74) is 2.74. The van der Waals surface area contributed by atoms with Gasteiger partial charge in [0.25, 0.3) is 5.91 Å². The Balaban J connectivity index is 1.01. The van der Waals surface area contributed by atoms with E-state index >= 15 is 0 Å². The first-order chi connectivity index (χ1) is 18.1. The summed E-state index contributed by atoms with van der Waals surface area (Å²) in [4.78, 5) is 44.7. The number of thioether (sulfide) groups is 1. The monoisotopic (exact) mass is 524 g/mol. The molecule has 2 fully saturated rings. The molecule has 37 heavy (non-hydrogen) atoms. The van der Waals surface area contributed by atoms with Crippen LogP contribution < -0.4 is 21.3 Å². The van der Waals surface area contributed by atoms with Crippen LogP contribution in [-0.4, -0.2) is 71.8 Å². The number of hydrogen-bond donors (Lipinski definition) is 4. The lowest BCUT2D eigenvalue weighted by Gasteiger charge is -2.16. The van der Waals surface area contributed by atoms with Gasteiger partial charge in [0.1, 0.15) is 0 Å². The van der Waals surface area contributed by atoms with Crippen molar-refractivity contribution in [3.8, 4) is 11.3 Å². The average Bonchev–Trinajstić information content (AvgIpc) is 3.47. The van der Waals surface area contributed by atoms with Gasteiger partial charge in [-0.05, 0) is 30.5 Å². The molecule has 2 saturated heterocycles. The number of carbonyl (C=O) groups excluding carboxylic acids is 3. The van der Waals surface area contributed by atoms with Gasteiger partial charge in [-0.2, -0.15) is 11.8 Å². The predicted octanol–water partition coefficient (Wildman–Crippen LogP) is 2.06. The third kappa shape index (κ3) is 8.21. The van der Waals surface area contributed by atoms with Crippen LogP contribution in [0, 0.1) is 0 Å². The molecule has 0 spiro atoms. The van der Waals surface area contributed by atoms with Crippen LogP contribution in [0.15, 0.2) is 53.8 Å². The summed E-state index contributed by atoms with van der Waals surface area (Å²) in [6.45, 7) is 0.477. The highest BCUT2D eigenvalue weighted by molar-refractivity contribution is 8.00. The number of amides is 4. The molecule has 3 heterocycles. The number of fused-ring (bicyclic) bond motifs is 1. The van der Waals surface area contributed by atoms with Gasteiger partial charge in [0.2, 0.25) is 5.91 Å². The number of nitrogens with zero attached hydrogens (tertiary/aromatic N) is 2. The summed E-state index contributed by atoms with van der Waals surface area (Å²) in [6, 6.07) is 13.8. The number of nitrogens with one attached hydrogen (secondary N) is 4. The van der Waals surface area contributed by atoms with Crippen molar-refractivity contribution in [1.82, 2.24) is 26.3 Å². The zero-order valence-electron chi connectivity index (χ0n) is 20.5. The molecule has 10 nitrogen and oxygen atoms in total. The Morgan fingerprint density at radius 3 is 2.68 bits per heavy atom. The van der Waals surface area contributed by atoms with Crippen molar-refractivity contribution in [3.63, 3.8) is 0 Å². The molecule has 2 aliphatic heterocycles. The van der Waals surface area contributed by atoms with Crippen LogP contribution in [-0.2, 0) is 14.4 Å². The van der Waals surface area contributed by atoms with Crippen molar-refractivity contribution < 1.29 is 19.2 Å². The lowest BCUT2D eigenvalue weighted by Crippen LogP contribution is -2.37. The molecule has 2 aromatic rings. The number of unbranched alkanes of at least 4 members (excludes halogenated alkanes) is 1. The Morgan fingerprint density at radius 1 is 1.08 bits per heavy atom. The summed E-state index contributed by atoms with van der Waals surface area (Å²) in [6.07, 6.45) is 6.46. The third-order valence-corrected chi connectivity index (χ3v) is 7.70. The fraction of sp³-hybridized carbons (Fsp3) is 0.423. The van der Waals surface area contributed by atoms with E-state index in [4.69, 9.17) is 4.84 Å². The topological polar surface area (TPSA) is 134 Å². The van der Waals surface area contributed by atoms with Crippen LogP contribution in [0.3, 0.4) is 0 Å². The van der Waals surface area contributed by atoms with Crippen molar-refractivity contribution in [2.24, 2.45) is 5.16 Å². The molecule has 4 amide bonds. The zero-order valence-corrected chi connectivity index (χ0v) is 21.3. The molecule has 1 aromatic heterocycles. The summed E-state index contributed by atoms with van der Waals surface area (Å²) in [7, 11) is 0. The number of pyridine rings is 1. The normalized spacial score (nSPS) is 20.2. The van der Waals surface area contributed by atoms with Crippen molar-refractivity contribution >= 4 is 35.8 Å². The van der Waals surface area contributed by atoms with Gasteiger partial charge >= 0.3 is 6.03 Å². The molecule has 1 aromatic carbocycles. The fourth-order valence-electron chi connectivity index (χ4n) is 4.28. The number of carbonyl (C=O) groups is 3. The molecule has 3 atom stereocenters. The molecule has 196 valence electrons. The minimum atomic E-state index is -0.308. The van der Waals surface area contributed by atoms with E-state index < -0.39 is 0 Å². The second-order valence-electron chi connectivity index (χ2n) is 8.91. The molecular weight excluding hydrogens is 492 g/mol. The van der Waals surface area contributed by atoms with Gasteiger partial charge in [-0.3, -0.25) is 14.6 Å². The zero-order chi connectivity index (χ0) is 25.9. The maximum atomic E-state index is 12.0. The molecular formula is C26H32N6O4S. The SMILES string of the molecule is O=C(CCCCC1SC[C@@H]2NC(=O)N[C@H]12)NCCNC(=O)CO/N=C/c1ccc(-c2ccccn2)cc1. The molecule has 0 aliphatic carbocycles. The van der Waals surface area contributed by atoms with Gasteiger partial charge in [-0.1, -0.05) is 41.9 Å². The Morgan fingerprint density at radius 2 is 1.89 bits per heavy atom. The molecule has 1 unspecified atom stereocenters. The van der Waals surface area contributed by atoms with Crippen LogP contribution in [0.2, 0.25) is 0 Å². The first-order valence-electron chi connectivity index (χ1n) is 12.5. The highest BCUT2D eigenvalue weighted by Gasteiger charge is 2.42. The fourth-order valence-corrected chi connectivity index (χ4v) is 5.83. The molecule has 4 N–H and O–H groups in total. The number of urea groups is 1. The van der Waals surface area contributed by atoms with Crippen LogP contribution in [0.5, 0.6) is 0 Å². The summed E-state index contributed by atoms with van der Waals surface area (Å²) in [5, 5.41) is 15.7. The third-order valence-electron chi connectivity index (χ3n) is 6.19. The lowest BCUT2D eigenvalue weighted by molar-refractivity contribution is -0.126. The Labute approximate surface area is 220 Å². The van der Waals surface area contributed by atoms with Gasteiger partial charge in [-0.25, -0.2) is 4.79 Å². The van der Waals surface area contributed by atoms with E-state index in [0.717, 1.165) is 41.8 Å². The number of hydrogen-bond acceptors (Lipinski definition) is 7. The molecule has 2 aliphatic rings. The number of oxime groups is 1. The average molecular weight is 525 g/mol. The second kappa shape index (κ2) is 13.6. The van der Waals surface area contributed by atoms with E-state index in [1.54, 1.807) is 12.4 Å². The van der Waals surface area contributed by atoms with Crippen molar-refractivity contribution in [2.75, 3.05) is 25.4 Å². The van der Waals surface area contributed by atoms with Crippen molar-refractivity contribution in [2.45, 2.75) is 43.0 Å². The van der Waals surface area contributed by atoms with Crippen LogP contribution >= 0.6 is 11.8 Å². The molecule has 0 saturated carbocycles. The quantitative estimate of drug-likeness (QED) is 0.137. The van der Waals surface area contributed by atoms with Crippen LogP contribution in [0.1, 0.15) is 31.2 Å². The Hall–Kier alpha value is -3.60. The van der Waals surface area contributed by atoms with Gasteiger partial charge in [0.15, 0.2) is 6.61 Å². The maximum Gasteiger partial charge on any atom is 0.315 e. The minimum Gasteiger partial charge on any atom is -0.386 e. The molecule has 0 radical (unpaired) electrons. The number of benzene rings is 1. The standard InChI is InChI=1S/C26H32N6O4S/c33-23(7-2-1-6-22-25-21(17-37-22)31-26(35)32-25)28-13-14-29-24(34)16-36-30-15-18-8-10-19(11-9-18)20-5-3-4-12-27-20/h3-5,8-12,15,21-22,25H,1-2,6-7,13-14,16-17H2,(H,28,33)(H,29,34)(H2,31,32,35)/b30-15+/t21-,22?,25-/m0/s1. The van der Waals surface area contributed by atoms with Gasteiger partial charge in [-0.15, -0.1) is 0 Å². The van der Waals surface area contributed by atoms with E-state index in [9.17, 15) is 14.4 Å². The second-order valence-corrected chi connectivity index (χ2v) is 10.2. The van der Waals surface area contributed by atoms with Crippen molar-refractivity contribution in [1.29, 1.82) is 0 Å². The number of rotatable bonds is 13. The molecule has 11 heteroatoms. The summed E-state index contributed by atoms with van der Waals surface area (Å²) >= 11 is 1.88. The minimum absolute atomic E-state index is 0.0306. The predicted molar refractivity (Wildman–Crippen MR) is 143 cm³/mol. The van der Waals surface area contributed by atoms with E-state index in [-0.39, 0.29) is 36.5 Å². The van der Waals surface area contributed by atoms with E-state index in [0.29, 0.717) is 24.8 Å². The van der Waals surface area contributed by atoms with Gasteiger partial charge in [0, 0.05) is 42.3 Å². The summed E-state index contributed by atoms with van der Waals surface area (Å²) in [5.74, 6) is 0.605. The Kier molecular flexibility index (Phi) is 9.75. The van der Waals surface area contributed by atoms with E-state index in [1.807, 2.05) is 54.2 Å². The number of aromatic nitrogens is 1. The maximum absolute atomic E-state index is 12.0.